The maximum Gasteiger partial charge on any atom is 0.410 e. The minimum absolute atomic E-state index is 0.228. The maximum atomic E-state index is 12.3. The number of benzene rings is 2. The van der Waals surface area contributed by atoms with E-state index in [1.165, 1.54) is 5.56 Å². The molecule has 1 aliphatic rings. The van der Waals surface area contributed by atoms with Gasteiger partial charge in [-0.05, 0) is 55.5 Å². The van der Waals surface area contributed by atoms with Gasteiger partial charge in [0.05, 0.1) is 0 Å². The second-order valence-corrected chi connectivity index (χ2v) is 7.58. The molecule has 136 valence electrons. The lowest BCUT2D eigenvalue weighted by Gasteiger charge is -2.31. The first-order chi connectivity index (χ1) is 12.3. The number of hydrogen-bond donors (Lipinski definition) is 1. The van der Waals surface area contributed by atoms with Crippen LogP contribution < -0.4 is 0 Å². The van der Waals surface area contributed by atoms with Gasteiger partial charge < -0.3 is 14.7 Å². The molecule has 0 aromatic heterocycles. The third-order valence-corrected chi connectivity index (χ3v) is 4.47. The van der Waals surface area contributed by atoms with E-state index in [0.717, 1.165) is 28.7 Å². The van der Waals surface area contributed by atoms with Crippen molar-refractivity contribution in [2.75, 3.05) is 6.54 Å². The Kier molecular flexibility index (Phi) is 4.77. The summed E-state index contributed by atoms with van der Waals surface area (Å²) in [5.41, 5.74) is 4.60. The summed E-state index contributed by atoms with van der Waals surface area (Å²) in [7, 11) is 0. The Labute approximate surface area is 154 Å². The average Bonchev–Trinajstić information content (AvgIpc) is 2.59. The van der Waals surface area contributed by atoms with Crippen molar-refractivity contribution in [1.29, 1.82) is 0 Å². The van der Waals surface area contributed by atoms with Crippen molar-refractivity contribution in [1.82, 2.24) is 4.90 Å². The Balaban J connectivity index is 1.85. The van der Waals surface area contributed by atoms with E-state index in [9.17, 15) is 9.90 Å². The molecular formula is C22H25NO3. The van der Waals surface area contributed by atoms with Crippen molar-refractivity contribution in [3.05, 3.63) is 59.7 Å². The normalized spacial score (nSPS) is 13.9. The zero-order valence-corrected chi connectivity index (χ0v) is 15.6. The molecule has 0 spiro atoms. The highest BCUT2D eigenvalue weighted by molar-refractivity contribution is 5.79. The molecule has 0 saturated heterocycles. The summed E-state index contributed by atoms with van der Waals surface area (Å²) in [5, 5.41) is 10.1. The van der Waals surface area contributed by atoms with Crippen LogP contribution in [0.25, 0.3) is 17.2 Å². The van der Waals surface area contributed by atoms with E-state index in [-0.39, 0.29) is 11.8 Å². The van der Waals surface area contributed by atoms with Crippen LogP contribution in [0.2, 0.25) is 0 Å². The molecule has 0 radical (unpaired) electrons. The molecule has 0 unspecified atom stereocenters. The summed E-state index contributed by atoms with van der Waals surface area (Å²) < 4.78 is 5.48. The Morgan fingerprint density at radius 2 is 2.00 bits per heavy atom. The first-order valence-corrected chi connectivity index (χ1v) is 8.83. The summed E-state index contributed by atoms with van der Waals surface area (Å²) in [6.07, 6.45) is 2.19. The number of phenols is 1. The summed E-state index contributed by atoms with van der Waals surface area (Å²) >= 11 is 0. The van der Waals surface area contributed by atoms with Crippen LogP contribution in [0.15, 0.2) is 43.0 Å². The van der Waals surface area contributed by atoms with E-state index in [4.69, 9.17) is 4.74 Å². The fourth-order valence-corrected chi connectivity index (χ4v) is 3.22. The molecule has 0 bridgehead atoms. The van der Waals surface area contributed by atoms with Crippen molar-refractivity contribution < 1.29 is 14.6 Å². The largest absolute Gasteiger partial charge is 0.507 e. The third kappa shape index (κ3) is 3.74. The van der Waals surface area contributed by atoms with Gasteiger partial charge in [-0.2, -0.15) is 0 Å². The molecule has 2 aromatic rings. The van der Waals surface area contributed by atoms with Gasteiger partial charge in [0.2, 0.25) is 0 Å². The molecule has 1 N–H and O–H groups in total. The van der Waals surface area contributed by atoms with Crippen LogP contribution in [0.5, 0.6) is 5.75 Å². The van der Waals surface area contributed by atoms with Crippen molar-refractivity contribution in [2.24, 2.45) is 0 Å². The van der Waals surface area contributed by atoms with Crippen LogP contribution in [0.3, 0.4) is 0 Å². The van der Waals surface area contributed by atoms with Gasteiger partial charge in [-0.1, -0.05) is 43.0 Å². The van der Waals surface area contributed by atoms with E-state index in [1.54, 1.807) is 17.0 Å². The Morgan fingerprint density at radius 3 is 2.69 bits per heavy atom. The minimum Gasteiger partial charge on any atom is -0.507 e. The van der Waals surface area contributed by atoms with E-state index < -0.39 is 5.60 Å². The van der Waals surface area contributed by atoms with Crippen LogP contribution in [0.4, 0.5) is 4.79 Å². The molecule has 0 aliphatic carbocycles. The first-order valence-electron chi connectivity index (χ1n) is 8.83. The fourth-order valence-electron chi connectivity index (χ4n) is 3.22. The molecule has 4 heteroatoms. The molecular weight excluding hydrogens is 326 g/mol. The highest BCUT2D eigenvalue weighted by atomic mass is 16.6. The molecule has 4 nitrogen and oxygen atoms in total. The maximum absolute atomic E-state index is 12.3. The van der Waals surface area contributed by atoms with Crippen LogP contribution in [-0.2, 0) is 17.7 Å². The summed E-state index contributed by atoms with van der Waals surface area (Å²) in [6.45, 7) is 10.6. The predicted molar refractivity (Wildman–Crippen MR) is 104 cm³/mol. The first kappa shape index (κ1) is 18.1. The Bertz CT molecular complexity index is 849. The van der Waals surface area contributed by atoms with Crippen LogP contribution >= 0.6 is 0 Å². The molecule has 0 atom stereocenters. The van der Waals surface area contributed by atoms with Crippen molar-refractivity contribution in [3.8, 4) is 16.9 Å². The predicted octanol–water partition coefficient (Wildman–Crippen LogP) is 5.00. The lowest BCUT2D eigenvalue weighted by molar-refractivity contribution is 0.0224. The molecule has 1 aliphatic heterocycles. The number of phenolic OH excluding ortho intramolecular Hbond substituents is 1. The number of nitrogens with zero attached hydrogens (tertiary/aromatic N) is 1. The van der Waals surface area contributed by atoms with Gasteiger partial charge in [0, 0.05) is 18.7 Å². The van der Waals surface area contributed by atoms with E-state index in [1.807, 2.05) is 39.0 Å². The van der Waals surface area contributed by atoms with Gasteiger partial charge in [0.15, 0.2) is 0 Å². The monoisotopic (exact) mass is 351 g/mol. The standard InChI is InChI=1S/C22H25NO3/c1-5-18-19(7-6-8-20(18)24)16-9-10-17-14-23(12-11-15(17)13-16)21(25)26-22(2,3)4/h5-10,13,24H,1,11-12,14H2,2-4H3. The second-order valence-electron chi connectivity index (χ2n) is 7.58. The third-order valence-electron chi connectivity index (χ3n) is 4.47. The highest BCUT2D eigenvalue weighted by Gasteiger charge is 2.25. The smallest absolute Gasteiger partial charge is 0.410 e. The highest BCUT2D eigenvalue weighted by Crippen LogP contribution is 2.33. The van der Waals surface area contributed by atoms with E-state index >= 15 is 0 Å². The Morgan fingerprint density at radius 1 is 1.23 bits per heavy atom. The van der Waals surface area contributed by atoms with Crippen molar-refractivity contribution in [3.63, 3.8) is 0 Å². The quantitative estimate of drug-likeness (QED) is 0.829. The molecule has 3 rings (SSSR count). The van der Waals surface area contributed by atoms with Crippen molar-refractivity contribution in [2.45, 2.75) is 39.3 Å². The number of carbonyl (C=O) groups is 1. The lowest BCUT2D eigenvalue weighted by Crippen LogP contribution is -2.39. The molecule has 1 amide bonds. The van der Waals surface area contributed by atoms with Gasteiger partial charge in [-0.15, -0.1) is 0 Å². The van der Waals surface area contributed by atoms with E-state index in [2.05, 4.69) is 18.7 Å². The number of amides is 1. The average molecular weight is 351 g/mol. The molecule has 0 saturated carbocycles. The number of ether oxygens (including phenoxy) is 1. The molecule has 0 fully saturated rings. The number of aromatic hydroxyl groups is 1. The zero-order chi connectivity index (χ0) is 18.9. The summed E-state index contributed by atoms with van der Waals surface area (Å²) in [6, 6.07) is 11.7. The van der Waals surface area contributed by atoms with Gasteiger partial charge >= 0.3 is 6.09 Å². The van der Waals surface area contributed by atoms with Gasteiger partial charge in [0.25, 0.3) is 0 Å². The topological polar surface area (TPSA) is 49.8 Å². The van der Waals surface area contributed by atoms with Gasteiger partial charge in [-0.3, -0.25) is 0 Å². The summed E-state index contributed by atoms with van der Waals surface area (Å²) in [5.74, 6) is 0.228. The number of carbonyl (C=O) groups excluding carboxylic acids is 1. The Hall–Kier alpha value is -2.75. The van der Waals surface area contributed by atoms with Gasteiger partial charge in [0.1, 0.15) is 11.4 Å². The van der Waals surface area contributed by atoms with Crippen LogP contribution in [0.1, 0.15) is 37.5 Å². The van der Waals surface area contributed by atoms with Crippen LogP contribution in [0, 0.1) is 0 Å². The molecule has 26 heavy (non-hydrogen) atoms. The lowest BCUT2D eigenvalue weighted by atomic mass is 9.92. The van der Waals surface area contributed by atoms with Crippen LogP contribution in [-0.4, -0.2) is 28.2 Å². The zero-order valence-electron chi connectivity index (χ0n) is 15.6. The number of fused-ring (bicyclic) bond motifs is 1. The molecule has 2 aromatic carbocycles. The number of hydrogen-bond acceptors (Lipinski definition) is 3. The summed E-state index contributed by atoms with van der Waals surface area (Å²) in [4.78, 5) is 14.0. The SMILES string of the molecule is C=Cc1c(O)cccc1-c1ccc2c(c1)CCN(C(=O)OC(C)(C)C)C2. The van der Waals surface area contributed by atoms with Crippen molar-refractivity contribution >= 4 is 12.2 Å². The second kappa shape index (κ2) is 6.87. The minimum atomic E-state index is -0.488. The molecule has 1 heterocycles. The van der Waals surface area contributed by atoms with E-state index in [0.29, 0.717) is 13.1 Å². The van der Waals surface area contributed by atoms with Gasteiger partial charge in [-0.25, -0.2) is 4.79 Å². The fraction of sp³-hybridized carbons (Fsp3) is 0.318. The number of rotatable bonds is 2.